The van der Waals surface area contributed by atoms with Crippen LogP contribution in [0.3, 0.4) is 0 Å². The minimum Gasteiger partial charge on any atom is -0.342 e. The van der Waals surface area contributed by atoms with E-state index >= 15 is 0 Å². The average Bonchev–Trinajstić information content (AvgIpc) is 2.80. The number of hydrogen-bond donors (Lipinski definition) is 1. The van der Waals surface area contributed by atoms with Crippen LogP contribution in [0.2, 0.25) is 0 Å². The van der Waals surface area contributed by atoms with Gasteiger partial charge >= 0.3 is 0 Å². The number of likely N-dealkylation sites (tertiary alicyclic amines) is 1. The van der Waals surface area contributed by atoms with Crippen molar-refractivity contribution in [2.45, 2.75) is 57.5 Å². The zero-order valence-electron chi connectivity index (χ0n) is 13.8. The highest BCUT2D eigenvalue weighted by Crippen LogP contribution is 2.32. The molecule has 1 heterocycles. The fourth-order valence-electron chi connectivity index (χ4n) is 3.97. The molecule has 1 N–H and O–H groups in total. The predicted molar refractivity (Wildman–Crippen MR) is 82.9 cm³/mol. The maximum atomic E-state index is 13.1. The molecule has 1 aliphatic carbocycles. The maximum Gasteiger partial charge on any atom is 0.248 e. The predicted octanol–water partition coefficient (Wildman–Crippen LogP) is 1.23. The first kappa shape index (κ1) is 16.3. The molecule has 5 nitrogen and oxygen atoms in total. The summed E-state index contributed by atoms with van der Waals surface area (Å²) >= 11 is 0. The maximum absolute atomic E-state index is 13.1. The van der Waals surface area contributed by atoms with Crippen molar-refractivity contribution in [2.24, 2.45) is 5.92 Å². The summed E-state index contributed by atoms with van der Waals surface area (Å²) in [6.45, 7) is 5.28. The molecule has 0 radical (unpaired) electrons. The van der Waals surface area contributed by atoms with E-state index in [0.29, 0.717) is 12.0 Å². The Balaban J connectivity index is 2.14. The molecular formula is C16H29N3O2. The Labute approximate surface area is 128 Å². The summed E-state index contributed by atoms with van der Waals surface area (Å²) in [5.41, 5.74) is -0.648. The van der Waals surface area contributed by atoms with Crippen LogP contribution >= 0.6 is 0 Å². The zero-order chi connectivity index (χ0) is 15.6. The summed E-state index contributed by atoms with van der Waals surface area (Å²) in [4.78, 5) is 28.8. The van der Waals surface area contributed by atoms with Crippen LogP contribution in [-0.4, -0.2) is 60.4 Å². The van der Waals surface area contributed by atoms with Gasteiger partial charge in [-0.1, -0.05) is 26.2 Å². The minimum atomic E-state index is -0.648. The topological polar surface area (TPSA) is 52.7 Å². The third kappa shape index (κ3) is 3.39. The number of carbonyl (C=O) groups excluding carboxylic acids is 2. The van der Waals surface area contributed by atoms with Gasteiger partial charge in [0.2, 0.25) is 11.8 Å². The van der Waals surface area contributed by atoms with Crippen molar-refractivity contribution in [1.82, 2.24) is 15.1 Å². The fourth-order valence-corrected chi connectivity index (χ4v) is 3.97. The minimum absolute atomic E-state index is 0.0957. The van der Waals surface area contributed by atoms with Gasteiger partial charge in [0.1, 0.15) is 5.54 Å². The molecular weight excluding hydrogens is 266 g/mol. The lowest BCUT2D eigenvalue weighted by atomic mass is 9.80. The molecule has 21 heavy (non-hydrogen) atoms. The Bertz CT molecular complexity index is 402. The number of likely N-dealkylation sites (N-methyl/N-ethyl adjacent to an activating group) is 1. The van der Waals surface area contributed by atoms with Crippen LogP contribution in [0, 0.1) is 5.92 Å². The molecule has 0 bridgehead atoms. The van der Waals surface area contributed by atoms with Gasteiger partial charge in [-0.05, 0) is 32.9 Å². The van der Waals surface area contributed by atoms with Gasteiger partial charge in [-0.2, -0.15) is 0 Å². The summed E-state index contributed by atoms with van der Waals surface area (Å²) in [6.07, 6.45) is 4.76. The quantitative estimate of drug-likeness (QED) is 0.852. The lowest BCUT2D eigenvalue weighted by Gasteiger charge is -2.39. The third-order valence-corrected chi connectivity index (χ3v) is 5.05. The summed E-state index contributed by atoms with van der Waals surface area (Å²) in [7, 11) is 4.14. The SMILES string of the molecule is CC(=O)NC1(C(=O)N2CC(C)C(N(C)C)C2)CCCCC1. The molecule has 2 rings (SSSR count). The molecule has 2 atom stereocenters. The summed E-state index contributed by atoms with van der Waals surface area (Å²) in [6, 6.07) is 0.409. The molecule has 0 aromatic rings. The number of amides is 2. The van der Waals surface area contributed by atoms with Crippen LogP contribution in [0.1, 0.15) is 46.0 Å². The van der Waals surface area contributed by atoms with E-state index in [0.717, 1.165) is 45.2 Å². The normalized spacial score (nSPS) is 28.7. The molecule has 2 unspecified atom stereocenters. The van der Waals surface area contributed by atoms with Crippen LogP contribution in [0.25, 0.3) is 0 Å². The van der Waals surface area contributed by atoms with E-state index in [4.69, 9.17) is 0 Å². The van der Waals surface area contributed by atoms with Crippen LogP contribution in [0.15, 0.2) is 0 Å². The Morgan fingerprint density at radius 2 is 1.76 bits per heavy atom. The summed E-state index contributed by atoms with van der Waals surface area (Å²) in [5, 5.41) is 2.99. The van der Waals surface area contributed by atoms with Gasteiger partial charge in [0, 0.05) is 26.1 Å². The molecule has 2 amide bonds. The standard InChI is InChI=1S/C16H29N3O2/c1-12-10-19(11-14(12)18(3)4)15(21)16(17-13(2)20)8-6-5-7-9-16/h12,14H,5-11H2,1-4H3,(H,17,20). The van der Waals surface area contributed by atoms with Gasteiger partial charge in [0.15, 0.2) is 0 Å². The van der Waals surface area contributed by atoms with Crippen molar-refractivity contribution in [1.29, 1.82) is 0 Å². The molecule has 0 aromatic carbocycles. The van der Waals surface area contributed by atoms with Gasteiger partial charge in [0.05, 0.1) is 0 Å². The van der Waals surface area contributed by atoms with Crippen LogP contribution in [0.4, 0.5) is 0 Å². The van der Waals surface area contributed by atoms with Gasteiger partial charge in [0.25, 0.3) is 0 Å². The van der Waals surface area contributed by atoms with E-state index < -0.39 is 5.54 Å². The molecule has 5 heteroatoms. The van der Waals surface area contributed by atoms with Crippen LogP contribution in [0.5, 0.6) is 0 Å². The first-order chi connectivity index (χ1) is 9.85. The van der Waals surface area contributed by atoms with E-state index in [2.05, 4.69) is 31.2 Å². The van der Waals surface area contributed by atoms with Crippen molar-refractivity contribution in [3.63, 3.8) is 0 Å². The van der Waals surface area contributed by atoms with Gasteiger partial charge < -0.3 is 15.1 Å². The lowest BCUT2D eigenvalue weighted by molar-refractivity contribution is -0.142. The first-order valence-electron chi connectivity index (χ1n) is 8.10. The lowest BCUT2D eigenvalue weighted by Crippen LogP contribution is -2.60. The van der Waals surface area contributed by atoms with Gasteiger partial charge in [-0.3, -0.25) is 9.59 Å². The van der Waals surface area contributed by atoms with E-state index in [-0.39, 0.29) is 11.8 Å². The molecule has 2 aliphatic rings. The van der Waals surface area contributed by atoms with Crippen molar-refractivity contribution in [3.8, 4) is 0 Å². The first-order valence-corrected chi connectivity index (χ1v) is 8.10. The number of nitrogens with zero attached hydrogens (tertiary/aromatic N) is 2. The van der Waals surface area contributed by atoms with Crippen molar-refractivity contribution < 1.29 is 9.59 Å². The second-order valence-corrected chi connectivity index (χ2v) is 7.04. The summed E-state index contributed by atoms with van der Waals surface area (Å²) < 4.78 is 0. The Morgan fingerprint density at radius 1 is 1.14 bits per heavy atom. The number of nitrogens with one attached hydrogen (secondary N) is 1. The van der Waals surface area contributed by atoms with Crippen molar-refractivity contribution in [3.05, 3.63) is 0 Å². The van der Waals surface area contributed by atoms with E-state index in [1.165, 1.54) is 6.92 Å². The second-order valence-electron chi connectivity index (χ2n) is 7.04. The highest BCUT2D eigenvalue weighted by Gasteiger charge is 2.45. The molecule has 0 spiro atoms. The number of rotatable bonds is 3. The largest absolute Gasteiger partial charge is 0.342 e. The van der Waals surface area contributed by atoms with Gasteiger partial charge in [-0.25, -0.2) is 0 Å². The van der Waals surface area contributed by atoms with Crippen LogP contribution < -0.4 is 5.32 Å². The Morgan fingerprint density at radius 3 is 2.24 bits per heavy atom. The highest BCUT2D eigenvalue weighted by atomic mass is 16.2. The van der Waals surface area contributed by atoms with Crippen molar-refractivity contribution >= 4 is 11.8 Å². The monoisotopic (exact) mass is 295 g/mol. The molecule has 1 saturated heterocycles. The van der Waals surface area contributed by atoms with E-state index in [1.54, 1.807) is 0 Å². The molecule has 120 valence electrons. The Kier molecular flexibility index (Phi) is 4.91. The van der Waals surface area contributed by atoms with Crippen molar-refractivity contribution in [2.75, 3.05) is 27.2 Å². The fraction of sp³-hybridized carbons (Fsp3) is 0.875. The highest BCUT2D eigenvalue weighted by molar-refractivity contribution is 5.91. The Hall–Kier alpha value is -1.10. The molecule has 2 fully saturated rings. The van der Waals surface area contributed by atoms with Gasteiger partial charge in [-0.15, -0.1) is 0 Å². The average molecular weight is 295 g/mol. The summed E-state index contributed by atoms with van der Waals surface area (Å²) in [5.74, 6) is 0.511. The second kappa shape index (κ2) is 6.34. The molecule has 1 saturated carbocycles. The molecule has 1 aliphatic heterocycles. The third-order valence-electron chi connectivity index (χ3n) is 5.05. The smallest absolute Gasteiger partial charge is 0.248 e. The van der Waals surface area contributed by atoms with E-state index in [9.17, 15) is 9.59 Å². The number of carbonyl (C=O) groups is 2. The van der Waals surface area contributed by atoms with Crippen LogP contribution in [-0.2, 0) is 9.59 Å². The molecule has 0 aromatic heterocycles. The zero-order valence-corrected chi connectivity index (χ0v) is 13.8. The van der Waals surface area contributed by atoms with E-state index in [1.807, 2.05) is 4.90 Å². The number of hydrogen-bond acceptors (Lipinski definition) is 3.